The van der Waals surface area contributed by atoms with Crippen molar-refractivity contribution in [3.05, 3.63) is 48.0 Å². The van der Waals surface area contributed by atoms with Crippen molar-refractivity contribution in [3.8, 4) is 0 Å². The van der Waals surface area contributed by atoms with Gasteiger partial charge in [0.2, 0.25) is 0 Å². The van der Waals surface area contributed by atoms with Gasteiger partial charge in [-0.25, -0.2) is 0 Å². The molecule has 0 atom stereocenters. The van der Waals surface area contributed by atoms with E-state index in [0.29, 0.717) is 6.54 Å². The number of hydrogen-bond acceptors (Lipinski definition) is 2. The van der Waals surface area contributed by atoms with Crippen LogP contribution in [-0.4, -0.2) is 6.72 Å². The van der Waals surface area contributed by atoms with Crippen molar-refractivity contribution in [2.75, 3.05) is 0 Å². The van der Waals surface area contributed by atoms with Gasteiger partial charge >= 0.3 is 0 Å². The van der Waals surface area contributed by atoms with Crippen LogP contribution in [0.5, 0.6) is 0 Å². The minimum atomic E-state index is 0.693. The molecule has 2 aromatic carbocycles. The second-order valence-electron chi connectivity index (χ2n) is 3.77. The number of aliphatic imine (C=N–C) groups is 1. The highest BCUT2D eigenvalue weighted by atomic mass is 32.1. The minimum Gasteiger partial charge on any atom is -0.296 e. The molecule has 78 valence electrons. The normalized spacial score (nSPS) is 11.0. The Hall–Kier alpha value is -1.67. The van der Waals surface area contributed by atoms with Gasteiger partial charge in [-0.15, -0.1) is 11.3 Å². The molecule has 2 heteroatoms. The summed E-state index contributed by atoms with van der Waals surface area (Å²) in [6, 6.07) is 14.9. The van der Waals surface area contributed by atoms with E-state index in [-0.39, 0.29) is 0 Å². The Morgan fingerprint density at radius 1 is 1.00 bits per heavy atom. The maximum atomic E-state index is 4.00. The second kappa shape index (κ2) is 3.72. The zero-order valence-corrected chi connectivity index (χ0v) is 9.63. The van der Waals surface area contributed by atoms with Crippen molar-refractivity contribution in [1.82, 2.24) is 0 Å². The largest absolute Gasteiger partial charge is 0.296 e. The fourth-order valence-corrected chi connectivity index (χ4v) is 3.25. The van der Waals surface area contributed by atoms with Crippen LogP contribution in [0.1, 0.15) is 5.56 Å². The van der Waals surface area contributed by atoms with Crippen LogP contribution in [0.4, 0.5) is 0 Å². The summed E-state index contributed by atoms with van der Waals surface area (Å²) in [6.45, 7) is 4.27. The van der Waals surface area contributed by atoms with E-state index >= 15 is 0 Å². The summed E-state index contributed by atoms with van der Waals surface area (Å²) in [5.74, 6) is 0. The topological polar surface area (TPSA) is 12.4 Å². The Balaban J connectivity index is 2.47. The van der Waals surface area contributed by atoms with Gasteiger partial charge in [-0.05, 0) is 24.4 Å². The van der Waals surface area contributed by atoms with E-state index < -0.39 is 0 Å². The minimum absolute atomic E-state index is 0.693. The number of thiophene rings is 1. The summed E-state index contributed by atoms with van der Waals surface area (Å²) in [5.41, 5.74) is 1.27. The quantitative estimate of drug-likeness (QED) is 0.578. The molecule has 0 spiro atoms. The van der Waals surface area contributed by atoms with Gasteiger partial charge in [-0.2, -0.15) is 0 Å². The molecule has 0 radical (unpaired) electrons. The molecular formula is C14H11NS. The fourth-order valence-electron chi connectivity index (χ4n) is 2.10. The van der Waals surface area contributed by atoms with Crippen molar-refractivity contribution < 1.29 is 0 Å². The van der Waals surface area contributed by atoms with Gasteiger partial charge in [-0.3, -0.25) is 4.99 Å². The molecule has 0 unspecified atom stereocenters. The monoisotopic (exact) mass is 225 g/mol. The molecule has 0 aliphatic heterocycles. The average Bonchev–Trinajstić information content (AvgIpc) is 2.68. The van der Waals surface area contributed by atoms with Crippen molar-refractivity contribution >= 4 is 38.2 Å². The van der Waals surface area contributed by atoms with Crippen molar-refractivity contribution in [2.24, 2.45) is 4.99 Å². The Kier molecular flexibility index (Phi) is 2.22. The Labute approximate surface area is 98.1 Å². The summed E-state index contributed by atoms with van der Waals surface area (Å²) < 4.78 is 2.68. The highest BCUT2D eigenvalue weighted by molar-refractivity contribution is 7.25. The van der Waals surface area contributed by atoms with E-state index in [1.807, 2.05) is 11.3 Å². The number of hydrogen-bond donors (Lipinski definition) is 0. The number of nitrogens with zero attached hydrogens (tertiary/aromatic N) is 1. The first-order chi connectivity index (χ1) is 7.90. The van der Waals surface area contributed by atoms with E-state index in [2.05, 4.69) is 54.2 Å². The molecule has 1 aromatic heterocycles. The van der Waals surface area contributed by atoms with Crippen molar-refractivity contribution in [3.63, 3.8) is 0 Å². The van der Waals surface area contributed by atoms with Crippen LogP contribution < -0.4 is 0 Å². The summed E-state index contributed by atoms with van der Waals surface area (Å²) in [7, 11) is 0. The first-order valence-electron chi connectivity index (χ1n) is 5.22. The predicted molar refractivity (Wildman–Crippen MR) is 72.6 cm³/mol. The van der Waals surface area contributed by atoms with Gasteiger partial charge in [0.1, 0.15) is 0 Å². The predicted octanol–water partition coefficient (Wildman–Crippen LogP) is 4.26. The standard InChI is InChI=1S/C14H11NS/c1-15-9-10-5-4-8-13-14(10)11-6-2-3-7-12(11)16-13/h2-8H,1,9H2. The lowest BCUT2D eigenvalue weighted by Gasteiger charge is -1.99. The van der Waals surface area contributed by atoms with Crippen LogP contribution >= 0.6 is 11.3 Å². The maximum absolute atomic E-state index is 4.00. The average molecular weight is 225 g/mol. The first-order valence-corrected chi connectivity index (χ1v) is 6.03. The van der Waals surface area contributed by atoms with E-state index in [1.54, 1.807) is 0 Å². The number of rotatable bonds is 2. The van der Waals surface area contributed by atoms with E-state index in [0.717, 1.165) is 0 Å². The SMILES string of the molecule is C=NCc1cccc2sc3ccccc3c12. The molecule has 16 heavy (non-hydrogen) atoms. The zero-order chi connectivity index (χ0) is 11.0. The van der Waals surface area contributed by atoms with Crippen molar-refractivity contribution in [2.45, 2.75) is 6.54 Å². The van der Waals surface area contributed by atoms with Gasteiger partial charge in [-0.1, -0.05) is 30.3 Å². The van der Waals surface area contributed by atoms with E-state index in [1.165, 1.54) is 25.7 Å². The zero-order valence-electron chi connectivity index (χ0n) is 8.81. The molecule has 0 bridgehead atoms. The van der Waals surface area contributed by atoms with Gasteiger partial charge in [0.25, 0.3) is 0 Å². The van der Waals surface area contributed by atoms with Crippen LogP contribution in [0, 0.1) is 0 Å². The summed E-state index contributed by atoms with van der Waals surface area (Å²) in [4.78, 5) is 4.00. The Morgan fingerprint density at radius 2 is 1.81 bits per heavy atom. The molecule has 0 fully saturated rings. The van der Waals surface area contributed by atoms with Crippen molar-refractivity contribution in [1.29, 1.82) is 0 Å². The third-order valence-corrected chi connectivity index (χ3v) is 3.91. The lowest BCUT2D eigenvalue weighted by molar-refractivity contribution is 1.10. The molecule has 1 nitrogen and oxygen atoms in total. The van der Waals surface area contributed by atoms with Crippen LogP contribution in [0.2, 0.25) is 0 Å². The van der Waals surface area contributed by atoms with Gasteiger partial charge in [0, 0.05) is 20.2 Å². The summed E-state index contributed by atoms with van der Waals surface area (Å²) >= 11 is 1.84. The maximum Gasteiger partial charge on any atom is 0.0639 e. The van der Waals surface area contributed by atoms with E-state index in [9.17, 15) is 0 Å². The third-order valence-electron chi connectivity index (χ3n) is 2.77. The summed E-state index contributed by atoms with van der Waals surface area (Å²) in [5, 5.41) is 2.68. The highest BCUT2D eigenvalue weighted by Crippen LogP contribution is 2.35. The lowest BCUT2D eigenvalue weighted by atomic mass is 10.1. The van der Waals surface area contributed by atoms with Crippen LogP contribution in [0.3, 0.4) is 0 Å². The van der Waals surface area contributed by atoms with Crippen LogP contribution in [0.15, 0.2) is 47.5 Å². The molecule has 3 rings (SSSR count). The fraction of sp³-hybridized carbons (Fsp3) is 0.0714. The molecule has 0 amide bonds. The third kappa shape index (κ3) is 1.34. The van der Waals surface area contributed by atoms with Gasteiger partial charge < -0.3 is 0 Å². The van der Waals surface area contributed by atoms with Gasteiger partial charge in [0.05, 0.1) is 6.54 Å². The molecule has 1 heterocycles. The van der Waals surface area contributed by atoms with Gasteiger partial charge in [0.15, 0.2) is 0 Å². The van der Waals surface area contributed by atoms with E-state index in [4.69, 9.17) is 0 Å². The second-order valence-corrected chi connectivity index (χ2v) is 4.85. The Bertz CT molecular complexity index is 667. The van der Waals surface area contributed by atoms with Crippen LogP contribution in [-0.2, 0) is 6.54 Å². The number of benzene rings is 2. The molecule has 0 N–H and O–H groups in total. The summed E-state index contributed by atoms with van der Waals surface area (Å²) in [6.07, 6.45) is 0. The molecule has 0 saturated carbocycles. The molecule has 3 aromatic rings. The Morgan fingerprint density at radius 3 is 2.69 bits per heavy atom. The molecule has 0 aliphatic carbocycles. The molecule has 0 aliphatic rings. The molecule has 0 saturated heterocycles. The molecular weight excluding hydrogens is 214 g/mol. The first kappa shape index (κ1) is 9.55. The lowest BCUT2D eigenvalue weighted by Crippen LogP contribution is -1.81. The smallest absolute Gasteiger partial charge is 0.0639 e. The number of fused-ring (bicyclic) bond motifs is 3. The van der Waals surface area contributed by atoms with Crippen LogP contribution in [0.25, 0.3) is 20.2 Å². The highest BCUT2D eigenvalue weighted by Gasteiger charge is 2.07.